The molecule has 2 heterocycles. The molecule has 0 saturated carbocycles. The van der Waals surface area contributed by atoms with E-state index in [0.29, 0.717) is 17.1 Å². The van der Waals surface area contributed by atoms with E-state index in [1.54, 1.807) is 13.0 Å². The van der Waals surface area contributed by atoms with Crippen molar-refractivity contribution < 1.29 is 17.9 Å². The summed E-state index contributed by atoms with van der Waals surface area (Å²) >= 11 is 0. The van der Waals surface area contributed by atoms with Crippen molar-refractivity contribution >= 4 is 0 Å². The van der Waals surface area contributed by atoms with Crippen LogP contribution in [0.15, 0.2) is 48.5 Å². The minimum absolute atomic E-state index is 0.0633. The molecule has 4 rings (SSSR count). The molecule has 1 saturated heterocycles. The van der Waals surface area contributed by atoms with Gasteiger partial charge in [-0.3, -0.25) is 0 Å². The number of nitrogens with zero attached hydrogens (tertiary/aromatic N) is 4. The number of piperidine rings is 1. The highest BCUT2D eigenvalue weighted by Gasteiger charge is 2.32. The van der Waals surface area contributed by atoms with Gasteiger partial charge in [-0.05, 0) is 60.5 Å². The zero-order valence-electron chi connectivity index (χ0n) is 16.9. The second kappa shape index (κ2) is 9.03. The van der Waals surface area contributed by atoms with Gasteiger partial charge in [0.25, 0.3) is 0 Å². The third-order valence-corrected chi connectivity index (χ3v) is 5.31. The molecule has 0 bridgehead atoms. The number of rotatable bonds is 6. The van der Waals surface area contributed by atoms with Crippen LogP contribution in [0.5, 0.6) is 5.75 Å². The highest BCUT2D eigenvalue weighted by Crippen LogP contribution is 2.30. The molecule has 0 spiro atoms. The molecule has 1 aliphatic rings. The van der Waals surface area contributed by atoms with E-state index in [1.165, 1.54) is 16.8 Å². The quantitative estimate of drug-likeness (QED) is 0.621. The summed E-state index contributed by atoms with van der Waals surface area (Å²) in [6, 6.07) is 14.6. The monoisotopic (exact) mass is 432 g/mol. The van der Waals surface area contributed by atoms with Gasteiger partial charge in [0.1, 0.15) is 5.75 Å². The smallest absolute Gasteiger partial charge is 0.405 e. The first-order valence-electron chi connectivity index (χ1n) is 10.1. The lowest BCUT2D eigenvalue weighted by Crippen LogP contribution is -2.45. The molecule has 1 fully saturated rings. The van der Waals surface area contributed by atoms with E-state index in [4.69, 9.17) is 0 Å². The Morgan fingerprint density at radius 2 is 2.00 bits per heavy atom. The molecule has 10 heteroatoms. The van der Waals surface area contributed by atoms with Gasteiger partial charge in [0.2, 0.25) is 0 Å². The fourth-order valence-electron chi connectivity index (χ4n) is 3.89. The van der Waals surface area contributed by atoms with Gasteiger partial charge < -0.3 is 15.4 Å². The summed E-state index contributed by atoms with van der Waals surface area (Å²) in [6.07, 6.45) is -2.88. The predicted molar refractivity (Wildman–Crippen MR) is 108 cm³/mol. The van der Waals surface area contributed by atoms with Gasteiger partial charge in [-0.2, -0.15) is 4.68 Å². The molecule has 1 aromatic heterocycles. The van der Waals surface area contributed by atoms with E-state index in [9.17, 15) is 13.2 Å². The maximum absolute atomic E-state index is 12.9. The minimum atomic E-state index is -4.78. The summed E-state index contributed by atoms with van der Waals surface area (Å²) in [7, 11) is 0. The van der Waals surface area contributed by atoms with Crippen LogP contribution in [0.2, 0.25) is 0 Å². The number of aromatic nitrogens is 4. The number of nitrogens with one attached hydrogen (secondary N) is 2. The molecule has 2 atom stereocenters. The van der Waals surface area contributed by atoms with E-state index in [-0.39, 0.29) is 24.4 Å². The Hall–Kier alpha value is -2.98. The lowest BCUT2D eigenvalue weighted by Gasteiger charge is -2.34. The van der Waals surface area contributed by atoms with Gasteiger partial charge >= 0.3 is 6.36 Å². The zero-order valence-corrected chi connectivity index (χ0v) is 16.9. The fraction of sp³-hybridized carbons (Fsp3) is 0.381. The minimum Gasteiger partial charge on any atom is -0.405 e. The van der Waals surface area contributed by atoms with E-state index in [2.05, 4.69) is 43.0 Å². The first kappa shape index (κ1) is 21.3. The Kier molecular flexibility index (Phi) is 6.19. The average molecular weight is 432 g/mol. The van der Waals surface area contributed by atoms with Crippen molar-refractivity contribution in [3.8, 4) is 11.4 Å². The number of ether oxygens (including phenoxy) is 1. The molecule has 1 aliphatic heterocycles. The van der Waals surface area contributed by atoms with Crippen LogP contribution in [-0.2, 0) is 6.54 Å². The summed E-state index contributed by atoms with van der Waals surface area (Å²) in [5, 5.41) is 18.3. The van der Waals surface area contributed by atoms with Crippen LogP contribution in [0.4, 0.5) is 13.2 Å². The largest absolute Gasteiger partial charge is 0.573 e. The van der Waals surface area contributed by atoms with Gasteiger partial charge in [0.15, 0.2) is 5.82 Å². The van der Waals surface area contributed by atoms with Gasteiger partial charge in [-0.1, -0.05) is 30.3 Å². The van der Waals surface area contributed by atoms with Crippen molar-refractivity contribution in [2.45, 2.75) is 44.8 Å². The Balaban J connectivity index is 1.58. The maximum Gasteiger partial charge on any atom is 0.573 e. The van der Waals surface area contributed by atoms with Crippen molar-refractivity contribution in [2.75, 3.05) is 6.54 Å². The molecular formula is C21H23F3N6O. The summed E-state index contributed by atoms with van der Waals surface area (Å²) < 4.78 is 44.6. The molecule has 0 unspecified atom stereocenters. The Bertz CT molecular complexity index is 1010. The van der Waals surface area contributed by atoms with Gasteiger partial charge in [-0.25, -0.2) is 0 Å². The highest BCUT2D eigenvalue weighted by atomic mass is 19.4. The SMILES string of the molecule is Cc1nnnn1-c1ccc(OC(F)(F)F)c(CN[C@H]2CCCN[C@H]2c2ccccc2)c1. The van der Waals surface area contributed by atoms with Crippen LogP contribution < -0.4 is 15.4 Å². The first-order chi connectivity index (χ1) is 14.9. The lowest BCUT2D eigenvalue weighted by atomic mass is 9.92. The standard InChI is InChI=1S/C21H23F3N6O/c1-14-27-28-29-30(14)17-9-10-19(31-21(22,23)24)16(12-17)13-26-18-8-5-11-25-20(18)15-6-3-2-4-7-15/h2-4,6-7,9-10,12,18,20,25-26H,5,8,11,13H2,1H3/t18-,20-/m0/s1. The molecule has 0 aliphatic carbocycles. The van der Waals surface area contributed by atoms with E-state index < -0.39 is 6.36 Å². The van der Waals surface area contributed by atoms with E-state index in [1.807, 2.05) is 18.2 Å². The molecule has 7 nitrogen and oxygen atoms in total. The van der Waals surface area contributed by atoms with Crippen molar-refractivity contribution in [1.82, 2.24) is 30.8 Å². The Labute approximate surface area is 177 Å². The number of alkyl halides is 3. The molecule has 2 N–H and O–H groups in total. The number of hydrogen-bond donors (Lipinski definition) is 2. The third-order valence-electron chi connectivity index (χ3n) is 5.31. The number of aryl methyl sites for hydroxylation is 1. The summed E-state index contributed by atoms with van der Waals surface area (Å²) in [4.78, 5) is 0. The Morgan fingerprint density at radius 3 is 2.71 bits per heavy atom. The van der Waals surface area contributed by atoms with Crippen LogP contribution in [0.25, 0.3) is 5.69 Å². The highest BCUT2D eigenvalue weighted by molar-refractivity contribution is 5.44. The molecule has 164 valence electrons. The van der Waals surface area contributed by atoms with Gasteiger partial charge in [-0.15, -0.1) is 18.3 Å². The van der Waals surface area contributed by atoms with Crippen LogP contribution in [-0.4, -0.2) is 39.2 Å². The Morgan fingerprint density at radius 1 is 1.19 bits per heavy atom. The second-order valence-electron chi connectivity index (χ2n) is 7.45. The third kappa shape index (κ3) is 5.20. The van der Waals surface area contributed by atoms with Crippen molar-refractivity contribution in [2.24, 2.45) is 0 Å². The molecule has 31 heavy (non-hydrogen) atoms. The zero-order chi connectivity index (χ0) is 21.8. The lowest BCUT2D eigenvalue weighted by molar-refractivity contribution is -0.274. The summed E-state index contributed by atoms with van der Waals surface area (Å²) in [5.74, 6) is 0.290. The number of halogens is 3. The molecule has 2 aromatic carbocycles. The van der Waals surface area contributed by atoms with Crippen molar-refractivity contribution in [3.63, 3.8) is 0 Å². The van der Waals surface area contributed by atoms with Crippen molar-refractivity contribution in [1.29, 1.82) is 0 Å². The van der Waals surface area contributed by atoms with Gasteiger partial charge in [0, 0.05) is 24.2 Å². The van der Waals surface area contributed by atoms with Crippen LogP contribution >= 0.6 is 0 Å². The second-order valence-corrected chi connectivity index (χ2v) is 7.45. The molecule has 3 aromatic rings. The average Bonchev–Trinajstić information content (AvgIpc) is 3.19. The normalized spacial score (nSPS) is 19.4. The summed E-state index contributed by atoms with van der Waals surface area (Å²) in [5.41, 5.74) is 2.09. The molecule has 0 amide bonds. The first-order valence-corrected chi connectivity index (χ1v) is 10.1. The van der Waals surface area contributed by atoms with E-state index >= 15 is 0 Å². The fourth-order valence-corrected chi connectivity index (χ4v) is 3.89. The van der Waals surface area contributed by atoms with Gasteiger partial charge in [0.05, 0.1) is 5.69 Å². The van der Waals surface area contributed by atoms with E-state index in [0.717, 1.165) is 24.9 Å². The van der Waals surface area contributed by atoms with Crippen LogP contribution in [0, 0.1) is 6.92 Å². The van der Waals surface area contributed by atoms with Crippen LogP contribution in [0.3, 0.4) is 0 Å². The number of benzene rings is 2. The predicted octanol–water partition coefficient (Wildman–Crippen LogP) is 3.45. The van der Waals surface area contributed by atoms with Crippen LogP contribution in [0.1, 0.15) is 35.8 Å². The summed E-state index contributed by atoms with van der Waals surface area (Å²) in [6.45, 7) is 2.82. The molecular weight excluding hydrogens is 409 g/mol. The maximum atomic E-state index is 12.9. The van der Waals surface area contributed by atoms with Crippen molar-refractivity contribution in [3.05, 3.63) is 65.5 Å². The topological polar surface area (TPSA) is 76.9 Å². The molecule has 0 radical (unpaired) electrons. The number of tetrazole rings is 1. The number of hydrogen-bond acceptors (Lipinski definition) is 6.